The van der Waals surface area contributed by atoms with Crippen molar-refractivity contribution < 1.29 is 4.39 Å². The van der Waals surface area contributed by atoms with Gasteiger partial charge >= 0.3 is 0 Å². The Hall–Kier alpha value is -0.930. The van der Waals surface area contributed by atoms with Crippen molar-refractivity contribution in [3.05, 3.63) is 35.1 Å². The second kappa shape index (κ2) is 5.81. The van der Waals surface area contributed by atoms with E-state index in [-0.39, 0.29) is 11.9 Å². The maximum atomic E-state index is 13.6. The highest BCUT2D eigenvalue weighted by Crippen LogP contribution is 2.23. The van der Waals surface area contributed by atoms with Gasteiger partial charge in [0.15, 0.2) is 0 Å². The zero-order valence-corrected chi connectivity index (χ0v) is 11.5. The summed E-state index contributed by atoms with van der Waals surface area (Å²) in [5.74, 6) is -0.0969. The Morgan fingerprint density at radius 1 is 1.44 bits per heavy atom. The second-order valence-corrected chi connectivity index (χ2v) is 5.39. The van der Waals surface area contributed by atoms with Crippen LogP contribution in [0.1, 0.15) is 37.4 Å². The Bertz CT molecular complexity index is 405. The van der Waals surface area contributed by atoms with Crippen molar-refractivity contribution in [2.24, 2.45) is 0 Å². The summed E-state index contributed by atoms with van der Waals surface area (Å²) in [6, 6.07) is 6.39. The zero-order chi connectivity index (χ0) is 13.1. The first-order valence-corrected chi connectivity index (χ1v) is 6.81. The van der Waals surface area contributed by atoms with Gasteiger partial charge in [-0.05, 0) is 50.9 Å². The van der Waals surface area contributed by atoms with E-state index < -0.39 is 0 Å². The average Bonchev–Trinajstić information content (AvgIpc) is 2.56. The standard InChI is InChI=1S/C15H23FN2/c1-11-5-6-14(9-15(11)16)13(3)18-8-4-7-17-12(2)10-18/h5-6,9,12-13,17H,4,7-8,10H2,1-3H3. The van der Waals surface area contributed by atoms with Crippen molar-refractivity contribution in [3.63, 3.8) is 0 Å². The minimum Gasteiger partial charge on any atom is -0.313 e. The molecular formula is C15H23FN2. The molecule has 1 aliphatic rings. The summed E-state index contributed by atoms with van der Waals surface area (Å²) < 4.78 is 13.6. The van der Waals surface area contributed by atoms with Gasteiger partial charge in [0, 0.05) is 25.2 Å². The molecule has 0 aliphatic carbocycles. The predicted molar refractivity (Wildman–Crippen MR) is 73.2 cm³/mol. The molecule has 1 aliphatic heterocycles. The van der Waals surface area contributed by atoms with E-state index >= 15 is 0 Å². The van der Waals surface area contributed by atoms with Gasteiger partial charge in [-0.2, -0.15) is 0 Å². The molecule has 0 aromatic heterocycles. The topological polar surface area (TPSA) is 15.3 Å². The molecule has 2 rings (SSSR count). The van der Waals surface area contributed by atoms with E-state index in [2.05, 4.69) is 24.1 Å². The van der Waals surface area contributed by atoms with Gasteiger partial charge in [0.05, 0.1) is 0 Å². The average molecular weight is 250 g/mol. The van der Waals surface area contributed by atoms with Crippen molar-refractivity contribution in [1.82, 2.24) is 10.2 Å². The van der Waals surface area contributed by atoms with Gasteiger partial charge in [0.2, 0.25) is 0 Å². The van der Waals surface area contributed by atoms with E-state index in [9.17, 15) is 4.39 Å². The Balaban J connectivity index is 2.13. The first kappa shape index (κ1) is 13.5. The molecule has 1 heterocycles. The second-order valence-electron chi connectivity index (χ2n) is 5.39. The minimum absolute atomic E-state index is 0.0969. The number of rotatable bonds is 2. The third-order valence-electron chi connectivity index (χ3n) is 3.85. The van der Waals surface area contributed by atoms with Crippen LogP contribution in [0.4, 0.5) is 4.39 Å². The maximum absolute atomic E-state index is 13.6. The molecule has 100 valence electrons. The maximum Gasteiger partial charge on any atom is 0.126 e. The van der Waals surface area contributed by atoms with Gasteiger partial charge in [0.1, 0.15) is 5.82 Å². The number of halogens is 1. The van der Waals surface area contributed by atoms with Crippen LogP contribution in [0.25, 0.3) is 0 Å². The first-order valence-electron chi connectivity index (χ1n) is 6.81. The number of nitrogens with one attached hydrogen (secondary N) is 1. The highest BCUT2D eigenvalue weighted by molar-refractivity contribution is 5.25. The molecule has 1 aromatic carbocycles. The Morgan fingerprint density at radius 3 is 2.94 bits per heavy atom. The zero-order valence-electron chi connectivity index (χ0n) is 11.5. The Kier molecular flexibility index (Phi) is 4.36. The monoisotopic (exact) mass is 250 g/mol. The number of hydrogen-bond acceptors (Lipinski definition) is 2. The fourth-order valence-electron chi connectivity index (χ4n) is 2.57. The normalized spacial score (nSPS) is 23.7. The summed E-state index contributed by atoms with van der Waals surface area (Å²) >= 11 is 0. The number of nitrogens with zero attached hydrogens (tertiary/aromatic N) is 1. The van der Waals surface area contributed by atoms with Gasteiger partial charge in [-0.15, -0.1) is 0 Å². The molecule has 3 heteroatoms. The predicted octanol–water partition coefficient (Wildman–Crippen LogP) is 2.88. The lowest BCUT2D eigenvalue weighted by molar-refractivity contribution is 0.210. The summed E-state index contributed by atoms with van der Waals surface area (Å²) in [4.78, 5) is 2.44. The Morgan fingerprint density at radius 2 is 2.22 bits per heavy atom. The van der Waals surface area contributed by atoms with E-state index in [1.165, 1.54) is 0 Å². The number of benzene rings is 1. The highest BCUT2D eigenvalue weighted by atomic mass is 19.1. The molecule has 0 spiro atoms. The minimum atomic E-state index is -0.0969. The molecular weight excluding hydrogens is 227 g/mol. The molecule has 2 atom stereocenters. The summed E-state index contributed by atoms with van der Waals surface area (Å²) in [7, 11) is 0. The Labute approximate surface area is 109 Å². The molecule has 1 aromatic rings. The SMILES string of the molecule is Cc1ccc(C(C)N2CCCNC(C)C2)cc1F. The number of aryl methyl sites for hydroxylation is 1. The van der Waals surface area contributed by atoms with E-state index in [1.807, 2.05) is 19.1 Å². The summed E-state index contributed by atoms with van der Waals surface area (Å²) in [6.45, 7) is 9.36. The van der Waals surface area contributed by atoms with Crippen molar-refractivity contribution in [1.29, 1.82) is 0 Å². The third kappa shape index (κ3) is 3.09. The van der Waals surface area contributed by atoms with E-state index in [4.69, 9.17) is 0 Å². The van der Waals surface area contributed by atoms with Crippen LogP contribution in [0.5, 0.6) is 0 Å². The van der Waals surface area contributed by atoms with Gasteiger partial charge in [-0.25, -0.2) is 4.39 Å². The molecule has 1 fully saturated rings. The van der Waals surface area contributed by atoms with Crippen LogP contribution in [-0.4, -0.2) is 30.6 Å². The lowest BCUT2D eigenvalue weighted by atomic mass is 10.0. The smallest absolute Gasteiger partial charge is 0.126 e. The summed E-state index contributed by atoms with van der Waals surface area (Å²) in [6.07, 6.45) is 1.16. The molecule has 1 N–H and O–H groups in total. The highest BCUT2D eigenvalue weighted by Gasteiger charge is 2.20. The molecule has 2 unspecified atom stereocenters. The van der Waals surface area contributed by atoms with E-state index in [0.717, 1.165) is 37.2 Å². The van der Waals surface area contributed by atoms with Crippen molar-refractivity contribution >= 4 is 0 Å². The molecule has 18 heavy (non-hydrogen) atoms. The molecule has 0 bridgehead atoms. The van der Waals surface area contributed by atoms with Crippen LogP contribution in [0.3, 0.4) is 0 Å². The van der Waals surface area contributed by atoms with Crippen LogP contribution in [0.15, 0.2) is 18.2 Å². The summed E-state index contributed by atoms with van der Waals surface area (Å²) in [5.41, 5.74) is 1.80. The van der Waals surface area contributed by atoms with Crippen molar-refractivity contribution in [3.8, 4) is 0 Å². The quantitative estimate of drug-likeness (QED) is 0.868. The van der Waals surface area contributed by atoms with Gasteiger partial charge in [-0.1, -0.05) is 12.1 Å². The fraction of sp³-hybridized carbons (Fsp3) is 0.600. The van der Waals surface area contributed by atoms with Gasteiger partial charge in [-0.3, -0.25) is 4.90 Å². The van der Waals surface area contributed by atoms with Crippen molar-refractivity contribution in [2.75, 3.05) is 19.6 Å². The van der Waals surface area contributed by atoms with E-state index in [1.54, 1.807) is 6.07 Å². The van der Waals surface area contributed by atoms with Crippen LogP contribution in [0, 0.1) is 12.7 Å². The third-order valence-corrected chi connectivity index (χ3v) is 3.85. The molecule has 1 saturated heterocycles. The van der Waals surface area contributed by atoms with Gasteiger partial charge < -0.3 is 5.32 Å². The lowest BCUT2D eigenvalue weighted by Crippen LogP contribution is -2.36. The van der Waals surface area contributed by atoms with Crippen LogP contribution in [-0.2, 0) is 0 Å². The van der Waals surface area contributed by atoms with Gasteiger partial charge in [0.25, 0.3) is 0 Å². The fourth-order valence-corrected chi connectivity index (χ4v) is 2.57. The molecule has 2 nitrogen and oxygen atoms in total. The van der Waals surface area contributed by atoms with Crippen LogP contribution in [0.2, 0.25) is 0 Å². The van der Waals surface area contributed by atoms with Crippen molar-refractivity contribution in [2.45, 2.75) is 39.3 Å². The molecule has 0 radical (unpaired) electrons. The largest absolute Gasteiger partial charge is 0.313 e. The number of hydrogen-bond donors (Lipinski definition) is 1. The first-order chi connectivity index (χ1) is 8.58. The lowest BCUT2D eigenvalue weighted by Gasteiger charge is -2.29. The molecule has 0 saturated carbocycles. The van der Waals surface area contributed by atoms with Crippen LogP contribution >= 0.6 is 0 Å². The van der Waals surface area contributed by atoms with E-state index in [0.29, 0.717) is 6.04 Å². The van der Waals surface area contributed by atoms with Crippen LogP contribution < -0.4 is 5.32 Å². The summed E-state index contributed by atoms with van der Waals surface area (Å²) in [5, 5.41) is 3.49. The molecule has 0 amide bonds.